The molecule has 0 saturated heterocycles. The number of carbonyl (C=O) groups is 2. The summed E-state index contributed by atoms with van der Waals surface area (Å²) in [6.07, 6.45) is 8.82. The molecular formula is C16H21N3O3. The normalized spacial score (nSPS) is 35.8. The minimum absolute atomic E-state index is 0.0317. The molecule has 6 heteroatoms. The summed E-state index contributed by atoms with van der Waals surface area (Å²) in [5, 5.41) is 23.3. The lowest BCUT2D eigenvalue weighted by Crippen LogP contribution is -2.57. The fraction of sp³-hybridized carbons (Fsp3) is 0.688. The van der Waals surface area contributed by atoms with Crippen LogP contribution in [0.2, 0.25) is 0 Å². The molecule has 0 spiro atoms. The van der Waals surface area contributed by atoms with Crippen LogP contribution < -0.4 is 10.6 Å². The fourth-order valence-electron chi connectivity index (χ4n) is 4.91. The van der Waals surface area contributed by atoms with Crippen LogP contribution in [0.1, 0.15) is 38.5 Å². The molecule has 0 radical (unpaired) electrons. The standard InChI is InChI=1S/C16H21N3O3/c17-7-13(15(22)18-9-14(20)21)8-19-16-4-10-1-11(5-16)3-12(2-10)6-16/h8,10-12,19H,1-6,9H2,(H,18,22)(H,20,21)/b13-8-. The van der Waals surface area contributed by atoms with E-state index in [-0.39, 0.29) is 11.1 Å². The number of hydrogen-bond acceptors (Lipinski definition) is 4. The Kier molecular flexibility index (Phi) is 3.81. The summed E-state index contributed by atoms with van der Waals surface area (Å²) in [6, 6.07) is 1.85. The number of nitrogens with one attached hydrogen (secondary N) is 2. The maximum Gasteiger partial charge on any atom is 0.322 e. The van der Waals surface area contributed by atoms with Crippen molar-refractivity contribution in [2.75, 3.05) is 6.54 Å². The van der Waals surface area contributed by atoms with Crippen LogP contribution in [0.4, 0.5) is 0 Å². The number of carboxylic acid groups (broad SMARTS) is 1. The molecule has 4 aliphatic rings. The predicted octanol–water partition coefficient (Wildman–Crippen LogP) is 1.15. The van der Waals surface area contributed by atoms with Gasteiger partial charge in [0.1, 0.15) is 18.2 Å². The van der Waals surface area contributed by atoms with E-state index in [4.69, 9.17) is 10.4 Å². The van der Waals surface area contributed by atoms with E-state index >= 15 is 0 Å². The number of amides is 1. The van der Waals surface area contributed by atoms with Gasteiger partial charge in [-0.25, -0.2) is 0 Å². The average Bonchev–Trinajstić information content (AvgIpc) is 2.44. The minimum Gasteiger partial charge on any atom is -0.480 e. The molecule has 4 fully saturated rings. The maximum atomic E-state index is 11.8. The first kappa shape index (κ1) is 14.9. The first-order chi connectivity index (χ1) is 10.5. The van der Waals surface area contributed by atoms with E-state index in [1.54, 1.807) is 0 Å². The zero-order valence-electron chi connectivity index (χ0n) is 12.5. The lowest BCUT2D eigenvalue weighted by atomic mass is 9.53. The van der Waals surface area contributed by atoms with Gasteiger partial charge in [0.05, 0.1) is 0 Å². The van der Waals surface area contributed by atoms with E-state index in [9.17, 15) is 9.59 Å². The molecule has 22 heavy (non-hydrogen) atoms. The molecule has 118 valence electrons. The average molecular weight is 303 g/mol. The van der Waals surface area contributed by atoms with Crippen LogP contribution in [0.5, 0.6) is 0 Å². The van der Waals surface area contributed by atoms with Gasteiger partial charge in [0.15, 0.2) is 0 Å². The Morgan fingerprint density at radius 2 is 1.73 bits per heavy atom. The summed E-state index contributed by atoms with van der Waals surface area (Å²) in [5.74, 6) is 0.567. The lowest BCUT2D eigenvalue weighted by Gasteiger charge is -2.56. The van der Waals surface area contributed by atoms with Crippen molar-refractivity contribution in [3.05, 3.63) is 11.8 Å². The third-order valence-electron chi connectivity index (χ3n) is 5.33. The van der Waals surface area contributed by atoms with Crippen LogP contribution in [0.15, 0.2) is 11.8 Å². The van der Waals surface area contributed by atoms with Crippen molar-refractivity contribution in [2.24, 2.45) is 17.8 Å². The van der Waals surface area contributed by atoms with Crippen LogP contribution in [-0.4, -0.2) is 29.1 Å². The Labute approximate surface area is 129 Å². The summed E-state index contributed by atoms with van der Waals surface area (Å²) in [4.78, 5) is 22.3. The number of hydrogen-bond donors (Lipinski definition) is 3. The third kappa shape index (κ3) is 2.94. The van der Waals surface area contributed by atoms with Crippen molar-refractivity contribution in [1.29, 1.82) is 5.26 Å². The third-order valence-corrected chi connectivity index (χ3v) is 5.33. The molecule has 0 aromatic heterocycles. The van der Waals surface area contributed by atoms with Crippen molar-refractivity contribution >= 4 is 11.9 Å². The minimum atomic E-state index is -1.13. The largest absolute Gasteiger partial charge is 0.480 e. The Morgan fingerprint density at radius 1 is 1.18 bits per heavy atom. The number of rotatable bonds is 5. The van der Waals surface area contributed by atoms with Crippen LogP contribution in [0.25, 0.3) is 0 Å². The first-order valence-electron chi connectivity index (χ1n) is 7.87. The zero-order valence-corrected chi connectivity index (χ0v) is 12.5. The van der Waals surface area contributed by atoms with Crippen molar-refractivity contribution in [3.63, 3.8) is 0 Å². The van der Waals surface area contributed by atoms with E-state index in [0.29, 0.717) is 0 Å². The van der Waals surface area contributed by atoms with Crippen LogP contribution in [0, 0.1) is 29.1 Å². The summed E-state index contributed by atoms with van der Waals surface area (Å²) >= 11 is 0. The summed E-state index contributed by atoms with van der Waals surface area (Å²) in [7, 11) is 0. The molecule has 4 saturated carbocycles. The molecule has 4 aliphatic carbocycles. The molecule has 6 nitrogen and oxygen atoms in total. The number of carboxylic acids is 1. The van der Waals surface area contributed by atoms with Crippen molar-refractivity contribution in [2.45, 2.75) is 44.1 Å². The smallest absolute Gasteiger partial charge is 0.322 e. The lowest BCUT2D eigenvalue weighted by molar-refractivity contribution is -0.137. The highest BCUT2D eigenvalue weighted by Gasteiger charge is 2.50. The van der Waals surface area contributed by atoms with Gasteiger partial charge in [0.25, 0.3) is 5.91 Å². The number of carbonyl (C=O) groups excluding carboxylic acids is 1. The highest BCUT2D eigenvalue weighted by molar-refractivity contribution is 5.98. The van der Waals surface area contributed by atoms with E-state index in [1.807, 2.05) is 6.07 Å². The highest BCUT2D eigenvalue weighted by atomic mass is 16.4. The van der Waals surface area contributed by atoms with E-state index in [0.717, 1.165) is 37.0 Å². The second-order valence-electron chi connectivity index (χ2n) is 7.09. The summed E-state index contributed by atoms with van der Waals surface area (Å²) in [6.45, 7) is -0.477. The molecule has 0 aliphatic heterocycles. The molecule has 0 heterocycles. The van der Waals surface area contributed by atoms with Gasteiger partial charge in [-0.1, -0.05) is 0 Å². The second-order valence-corrected chi connectivity index (χ2v) is 7.09. The topological polar surface area (TPSA) is 102 Å². The Morgan fingerprint density at radius 3 is 2.18 bits per heavy atom. The highest BCUT2D eigenvalue weighted by Crippen LogP contribution is 2.55. The Hall–Kier alpha value is -2.03. The van der Waals surface area contributed by atoms with E-state index in [1.165, 1.54) is 25.5 Å². The second kappa shape index (κ2) is 5.64. The van der Waals surface area contributed by atoms with Crippen molar-refractivity contribution in [3.8, 4) is 6.07 Å². The van der Waals surface area contributed by atoms with Gasteiger partial charge in [0.2, 0.25) is 0 Å². The van der Waals surface area contributed by atoms with Gasteiger partial charge in [-0.05, 0) is 56.3 Å². The molecule has 0 aromatic carbocycles. The molecule has 0 aromatic rings. The SMILES string of the molecule is N#C/C(=C/NC12CC3CC(CC(C3)C1)C2)C(=O)NCC(=O)O. The molecule has 0 unspecified atom stereocenters. The fourth-order valence-corrected chi connectivity index (χ4v) is 4.91. The zero-order chi connectivity index (χ0) is 15.7. The van der Waals surface area contributed by atoms with Gasteiger partial charge in [-0.3, -0.25) is 9.59 Å². The quantitative estimate of drug-likeness (QED) is 0.522. The van der Waals surface area contributed by atoms with Gasteiger partial charge in [-0.2, -0.15) is 5.26 Å². The van der Waals surface area contributed by atoms with Crippen molar-refractivity contribution in [1.82, 2.24) is 10.6 Å². The van der Waals surface area contributed by atoms with E-state index < -0.39 is 18.4 Å². The molecular weight excluding hydrogens is 282 g/mol. The van der Waals surface area contributed by atoms with Gasteiger partial charge >= 0.3 is 5.97 Å². The van der Waals surface area contributed by atoms with Crippen molar-refractivity contribution < 1.29 is 14.7 Å². The maximum absolute atomic E-state index is 11.8. The predicted molar refractivity (Wildman–Crippen MR) is 78.4 cm³/mol. The van der Waals surface area contributed by atoms with Gasteiger partial charge in [-0.15, -0.1) is 0 Å². The van der Waals surface area contributed by atoms with Crippen LogP contribution in [0.3, 0.4) is 0 Å². The van der Waals surface area contributed by atoms with Gasteiger partial charge in [0, 0.05) is 11.7 Å². The molecule has 0 atom stereocenters. The summed E-state index contributed by atoms with van der Waals surface area (Å²) < 4.78 is 0. The van der Waals surface area contributed by atoms with Gasteiger partial charge < -0.3 is 15.7 Å². The first-order valence-corrected chi connectivity index (χ1v) is 7.87. The molecule has 3 N–H and O–H groups in total. The number of aliphatic carboxylic acids is 1. The summed E-state index contributed by atoms with van der Waals surface area (Å²) in [5.41, 5.74) is -0.0267. The van der Waals surface area contributed by atoms with Crippen LogP contribution in [-0.2, 0) is 9.59 Å². The number of nitriles is 1. The monoisotopic (exact) mass is 303 g/mol. The molecule has 1 amide bonds. The molecule has 4 rings (SSSR count). The Balaban J connectivity index is 1.65. The molecule has 4 bridgehead atoms. The van der Waals surface area contributed by atoms with E-state index in [2.05, 4.69) is 10.6 Å². The van der Waals surface area contributed by atoms with Crippen LogP contribution >= 0.6 is 0 Å². The Bertz CT molecular complexity index is 526. The number of nitrogens with zero attached hydrogens (tertiary/aromatic N) is 1.